The molecular weight excluding hydrogens is 502 g/mol. The van der Waals surface area contributed by atoms with Crippen molar-refractivity contribution in [2.24, 2.45) is 0 Å². The molecule has 0 aromatic heterocycles. The second kappa shape index (κ2) is 33.9. The Morgan fingerprint density at radius 2 is 0.780 bits per heavy atom. The van der Waals surface area contributed by atoms with Crippen molar-refractivity contribution in [1.29, 1.82) is 0 Å². The first-order chi connectivity index (χ1) is 20.1. The molecule has 0 radical (unpaired) electrons. The molecule has 1 atom stereocenters. The van der Waals surface area contributed by atoms with Crippen LogP contribution in [0.4, 0.5) is 0 Å². The Labute approximate surface area is 259 Å². The number of hydrogen-bond acceptors (Lipinski definition) is 2. The first-order valence-corrected chi connectivity index (χ1v) is 19.0. The maximum atomic E-state index is 10.5. The van der Waals surface area contributed by atoms with Crippen molar-refractivity contribution >= 4 is 5.97 Å². The average Bonchev–Trinajstić information content (AvgIpc) is 2.96. The topological polar surface area (TPSA) is 40.5 Å². The highest BCUT2D eigenvalue weighted by atomic mass is 16.4. The summed E-state index contributed by atoms with van der Waals surface area (Å²) in [5, 5.41) is 8.65. The number of unbranched alkanes of at least 4 members (excludes halogenated alkanes) is 28. The lowest BCUT2D eigenvalue weighted by molar-refractivity contribution is -0.137. The third kappa shape index (κ3) is 33.8. The van der Waals surface area contributed by atoms with Gasteiger partial charge in [0.2, 0.25) is 0 Å². The van der Waals surface area contributed by atoms with Crippen LogP contribution >= 0.6 is 0 Å². The highest BCUT2D eigenvalue weighted by molar-refractivity contribution is 5.66. The van der Waals surface area contributed by atoms with E-state index in [4.69, 9.17) is 5.11 Å². The van der Waals surface area contributed by atoms with Crippen LogP contribution in [-0.4, -0.2) is 35.6 Å². The monoisotopic (exact) mass is 580 g/mol. The van der Waals surface area contributed by atoms with Crippen molar-refractivity contribution in [3.63, 3.8) is 0 Å². The van der Waals surface area contributed by atoms with Gasteiger partial charge in [-0.3, -0.25) is 4.79 Å². The first-order valence-electron chi connectivity index (χ1n) is 19.0. The lowest BCUT2D eigenvalue weighted by Gasteiger charge is -2.24. The Hall–Kier alpha value is -0.570. The normalized spacial score (nSPS) is 12.4. The Bertz CT molecular complexity index is 509. The smallest absolute Gasteiger partial charge is 0.303 e. The van der Waals surface area contributed by atoms with Crippen LogP contribution in [0.1, 0.15) is 219 Å². The summed E-state index contributed by atoms with van der Waals surface area (Å²) in [6.07, 6.45) is 43.3. The van der Waals surface area contributed by atoms with Crippen LogP contribution in [-0.2, 0) is 4.79 Å². The molecule has 1 unspecified atom stereocenters. The van der Waals surface area contributed by atoms with Gasteiger partial charge in [0.15, 0.2) is 0 Å². The zero-order chi connectivity index (χ0) is 30.1. The number of carboxylic acids is 1. The standard InChI is InChI=1S/C38H77NO2/c1-4-5-6-7-8-9-10-11-13-16-19-22-25-28-31-34-37(2)39(3)36-33-30-27-24-21-18-15-12-14-17-20-23-26-29-32-35-38(40)41/h37H,4-36H2,1-3H3,(H,40,41). The molecule has 0 spiro atoms. The fourth-order valence-electron chi connectivity index (χ4n) is 6.19. The van der Waals surface area contributed by atoms with Gasteiger partial charge in [-0.15, -0.1) is 0 Å². The number of aliphatic carboxylic acids is 1. The third-order valence-electron chi connectivity index (χ3n) is 9.38. The number of rotatable bonds is 35. The lowest BCUT2D eigenvalue weighted by atomic mass is 10.0. The summed E-state index contributed by atoms with van der Waals surface area (Å²) in [6, 6.07) is 0.744. The predicted molar refractivity (Wildman–Crippen MR) is 183 cm³/mol. The van der Waals surface area contributed by atoms with Crippen LogP contribution in [0.5, 0.6) is 0 Å². The first kappa shape index (κ1) is 40.4. The van der Waals surface area contributed by atoms with Crippen molar-refractivity contribution in [1.82, 2.24) is 4.90 Å². The van der Waals surface area contributed by atoms with Gasteiger partial charge in [-0.25, -0.2) is 0 Å². The van der Waals surface area contributed by atoms with Gasteiger partial charge in [0.25, 0.3) is 0 Å². The van der Waals surface area contributed by atoms with E-state index in [1.807, 2.05) is 0 Å². The number of carboxylic acid groups (broad SMARTS) is 1. The van der Waals surface area contributed by atoms with Crippen molar-refractivity contribution in [3.05, 3.63) is 0 Å². The molecule has 0 aliphatic rings. The SMILES string of the molecule is CCCCCCCCCCCCCCCCCC(C)N(C)CCCCCCCCCCCCCCCCCC(=O)O. The summed E-state index contributed by atoms with van der Waals surface area (Å²) in [5.41, 5.74) is 0. The zero-order valence-corrected chi connectivity index (χ0v) is 28.7. The van der Waals surface area contributed by atoms with Gasteiger partial charge < -0.3 is 10.0 Å². The van der Waals surface area contributed by atoms with Crippen LogP contribution < -0.4 is 0 Å². The number of carbonyl (C=O) groups is 1. The van der Waals surface area contributed by atoms with Crippen LogP contribution in [0.3, 0.4) is 0 Å². The molecule has 0 saturated heterocycles. The van der Waals surface area contributed by atoms with Gasteiger partial charge in [0.05, 0.1) is 0 Å². The van der Waals surface area contributed by atoms with Gasteiger partial charge in [-0.05, 0) is 39.8 Å². The fourth-order valence-corrected chi connectivity index (χ4v) is 6.19. The molecule has 0 bridgehead atoms. The summed E-state index contributed by atoms with van der Waals surface area (Å²) >= 11 is 0. The predicted octanol–water partition coefficient (Wildman–Crippen LogP) is 12.9. The van der Waals surface area contributed by atoms with E-state index in [0.717, 1.165) is 18.9 Å². The maximum Gasteiger partial charge on any atom is 0.303 e. The Morgan fingerprint density at radius 3 is 1.12 bits per heavy atom. The molecule has 1 N–H and O–H groups in total. The molecule has 0 heterocycles. The Morgan fingerprint density at radius 1 is 0.488 bits per heavy atom. The van der Waals surface area contributed by atoms with E-state index in [2.05, 4.69) is 25.8 Å². The maximum absolute atomic E-state index is 10.5. The molecule has 41 heavy (non-hydrogen) atoms. The average molecular weight is 580 g/mol. The van der Waals surface area contributed by atoms with Gasteiger partial charge in [0, 0.05) is 12.5 Å². The molecule has 0 aromatic carbocycles. The van der Waals surface area contributed by atoms with E-state index in [1.54, 1.807) is 0 Å². The highest BCUT2D eigenvalue weighted by Gasteiger charge is 2.08. The summed E-state index contributed by atoms with van der Waals surface area (Å²) in [5.74, 6) is -0.650. The Kier molecular flexibility index (Phi) is 33.5. The molecule has 0 rings (SSSR count). The lowest BCUT2D eigenvalue weighted by Crippen LogP contribution is -2.29. The number of nitrogens with zero attached hydrogens (tertiary/aromatic N) is 1. The molecule has 3 heteroatoms. The zero-order valence-electron chi connectivity index (χ0n) is 28.7. The largest absolute Gasteiger partial charge is 0.481 e. The van der Waals surface area contributed by atoms with Crippen molar-refractivity contribution < 1.29 is 9.90 Å². The van der Waals surface area contributed by atoms with E-state index in [0.29, 0.717) is 6.42 Å². The van der Waals surface area contributed by atoms with Crippen LogP contribution in [0.2, 0.25) is 0 Å². The minimum absolute atomic E-state index is 0.343. The minimum atomic E-state index is -0.650. The molecule has 0 fully saturated rings. The second-order valence-corrected chi connectivity index (χ2v) is 13.5. The van der Waals surface area contributed by atoms with Gasteiger partial charge in [0.1, 0.15) is 0 Å². The van der Waals surface area contributed by atoms with Crippen LogP contribution in [0.15, 0.2) is 0 Å². The van der Waals surface area contributed by atoms with Crippen molar-refractivity contribution in [2.75, 3.05) is 13.6 Å². The minimum Gasteiger partial charge on any atom is -0.481 e. The summed E-state index contributed by atoms with van der Waals surface area (Å²) in [6.45, 7) is 6.02. The van der Waals surface area contributed by atoms with Crippen molar-refractivity contribution in [2.45, 2.75) is 225 Å². The molecule has 0 aliphatic carbocycles. The van der Waals surface area contributed by atoms with E-state index < -0.39 is 5.97 Å². The summed E-state index contributed by atoms with van der Waals surface area (Å²) in [4.78, 5) is 13.1. The van der Waals surface area contributed by atoms with E-state index >= 15 is 0 Å². The van der Waals surface area contributed by atoms with E-state index in [9.17, 15) is 4.79 Å². The second-order valence-electron chi connectivity index (χ2n) is 13.5. The quantitative estimate of drug-likeness (QED) is 0.0759. The Balaban J connectivity index is 3.27. The third-order valence-corrected chi connectivity index (χ3v) is 9.38. The molecular formula is C38H77NO2. The van der Waals surface area contributed by atoms with Crippen LogP contribution in [0.25, 0.3) is 0 Å². The van der Waals surface area contributed by atoms with Gasteiger partial charge in [-0.1, -0.05) is 187 Å². The molecule has 0 aliphatic heterocycles. The molecule has 0 saturated carbocycles. The van der Waals surface area contributed by atoms with Gasteiger partial charge >= 0.3 is 5.97 Å². The number of hydrogen-bond donors (Lipinski definition) is 1. The summed E-state index contributed by atoms with van der Waals surface area (Å²) < 4.78 is 0. The van der Waals surface area contributed by atoms with E-state index in [1.165, 1.54) is 193 Å². The molecule has 3 nitrogen and oxygen atoms in total. The molecule has 246 valence electrons. The highest BCUT2D eigenvalue weighted by Crippen LogP contribution is 2.16. The fraction of sp³-hybridized carbons (Fsp3) is 0.974. The van der Waals surface area contributed by atoms with Crippen LogP contribution in [0, 0.1) is 0 Å². The summed E-state index contributed by atoms with van der Waals surface area (Å²) in [7, 11) is 2.34. The molecule has 0 amide bonds. The van der Waals surface area contributed by atoms with Gasteiger partial charge in [-0.2, -0.15) is 0 Å². The van der Waals surface area contributed by atoms with Crippen molar-refractivity contribution in [3.8, 4) is 0 Å². The van der Waals surface area contributed by atoms with E-state index in [-0.39, 0.29) is 0 Å². The molecule has 0 aromatic rings.